The second kappa shape index (κ2) is 10.5. The van der Waals surface area contributed by atoms with E-state index in [1.54, 1.807) is 0 Å². The van der Waals surface area contributed by atoms with E-state index in [1.807, 2.05) is 36.4 Å². The molecule has 0 bridgehead atoms. The van der Waals surface area contributed by atoms with Crippen molar-refractivity contribution in [2.75, 3.05) is 0 Å². The Morgan fingerprint density at radius 3 is 0.889 bits per heavy atom. The van der Waals surface area contributed by atoms with Crippen molar-refractivity contribution in [1.29, 1.82) is 0 Å². The normalized spacial score (nSPS) is 5.78. The monoisotopic (exact) mass is 112 g/mol. The molecule has 1 aromatic rings. The second-order valence-corrected chi connectivity index (χ2v) is 1.15. The average molecular weight is 112 g/mol. The molecule has 1 aromatic carbocycles. The summed E-state index contributed by atoms with van der Waals surface area (Å²) < 4.78 is 0. The van der Waals surface area contributed by atoms with Crippen molar-refractivity contribution in [2.45, 2.75) is 0 Å². The van der Waals surface area contributed by atoms with Gasteiger partial charge in [0.2, 0.25) is 0 Å². The van der Waals surface area contributed by atoms with Crippen molar-refractivity contribution in [3.05, 3.63) is 49.6 Å². The summed E-state index contributed by atoms with van der Waals surface area (Å²) in [5, 5.41) is 0. The van der Waals surface area contributed by atoms with Crippen LogP contribution in [0, 0.1) is 6.58 Å². The molecule has 0 unspecified atom stereocenters. The van der Waals surface area contributed by atoms with E-state index in [-0.39, 0.29) is 18.9 Å². The van der Waals surface area contributed by atoms with Crippen LogP contribution in [-0.4, -0.2) is 0 Å². The molecule has 0 aliphatic heterocycles. The van der Waals surface area contributed by atoms with Gasteiger partial charge in [-0.25, -0.2) is 0 Å². The molecule has 0 saturated carbocycles. The molecule has 0 fully saturated rings. The number of hydrogen-bond donors (Lipinski definition) is 0. The van der Waals surface area contributed by atoms with Gasteiger partial charge in [-0.3, -0.25) is 6.58 Å². The molecule has 1 heteroatoms. The maximum absolute atomic E-state index is 4.25. The molecule has 9 heavy (non-hydrogen) atoms. The summed E-state index contributed by atoms with van der Waals surface area (Å²) in [5.41, 5.74) is 0. The first-order valence-electron chi connectivity index (χ1n) is 2.41. The minimum absolute atomic E-state index is 0. The molecule has 42 valence electrons. The molecule has 0 saturated heterocycles. The summed E-state index contributed by atoms with van der Waals surface area (Å²) in [6, 6.07) is 12.0. The maximum Gasteiger partial charge on any atom is 1.00 e. The number of hydrogen-bond acceptors (Lipinski definition) is 0. The minimum atomic E-state index is 0. The molecule has 0 nitrogen and oxygen atoms in total. The van der Waals surface area contributed by atoms with Crippen LogP contribution in [0.15, 0.2) is 43.0 Å². The van der Waals surface area contributed by atoms with Crippen LogP contribution in [0.25, 0.3) is 0 Å². The Morgan fingerprint density at radius 2 is 0.778 bits per heavy atom. The summed E-state index contributed by atoms with van der Waals surface area (Å²) in [6.45, 7) is 7.00. The van der Waals surface area contributed by atoms with E-state index in [0.717, 1.165) is 0 Å². The summed E-state index contributed by atoms with van der Waals surface area (Å²) >= 11 is 0. The maximum atomic E-state index is 4.25. The van der Waals surface area contributed by atoms with Crippen LogP contribution >= 0.6 is 0 Å². The third-order valence-electron chi connectivity index (χ3n) is 0.667. The first-order chi connectivity index (χ1) is 4.00. The van der Waals surface area contributed by atoms with Gasteiger partial charge in [0.1, 0.15) is 0 Å². The van der Waals surface area contributed by atoms with Gasteiger partial charge in [0.25, 0.3) is 0 Å². The van der Waals surface area contributed by atoms with E-state index in [4.69, 9.17) is 0 Å². The fraction of sp³-hybridized carbons (Fsp3) is 0. The van der Waals surface area contributed by atoms with Crippen LogP contribution < -0.4 is 18.9 Å². The van der Waals surface area contributed by atoms with Gasteiger partial charge < -0.3 is 6.58 Å². The summed E-state index contributed by atoms with van der Waals surface area (Å²) in [5.74, 6) is 0. The van der Waals surface area contributed by atoms with Crippen molar-refractivity contribution in [3.63, 3.8) is 0 Å². The van der Waals surface area contributed by atoms with Gasteiger partial charge in [0.05, 0.1) is 0 Å². The topological polar surface area (TPSA) is 0 Å². The molecule has 0 spiro atoms. The predicted molar refractivity (Wildman–Crippen MR) is 36.4 cm³/mol. The Hall–Kier alpha value is -0.443. The van der Waals surface area contributed by atoms with Crippen LogP contribution in [0.5, 0.6) is 0 Å². The van der Waals surface area contributed by atoms with Crippen LogP contribution in [-0.2, 0) is 0 Å². The number of rotatable bonds is 0. The van der Waals surface area contributed by atoms with Gasteiger partial charge in [0, 0.05) is 0 Å². The van der Waals surface area contributed by atoms with Crippen molar-refractivity contribution in [2.24, 2.45) is 0 Å². The molecule has 0 atom stereocenters. The molecular formula is C8H9Li. The first-order valence-corrected chi connectivity index (χ1v) is 2.41. The summed E-state index contributed by atoms with van der Waals surface area (Å²) in [4.78, 5) is 0. The molecule has 0 radical (unpaired) electrons. The molecule has 1 rings (SSSR count). The SMILES string of the molecule is [CH-]=C.[Li+].c1ccccc1. The number of benzene rings is 1. The van der Waals surface area contributed by atoms with E-state index in [1.165, 1.54) is 0 Å². The van der Waals surface area contributed by atoms with E-state index >= 15 is 0 Å². The standard InChI is InChI=1S/C6H6.C2H3.Li/c1-2-4-6-5-3-1;1-2;/h1-6H;1H,2H2;/q;-1;+1. The quantitative estimate of drug-likeness (QED) is 0.307. The summed E-state index contributed by atoms with van der Waals surface area (Å²) in [7, 11) is 0. The Kier molecular flexibility index (Phi) is 13.3. The van der Waals surface area contributed by atoms with Crippen molar-refractivity contribution in [3.8, 4) is 0 Å². The van der Waals surface area contributed by atoms with Gasteiger partial charge in [-0.2, -0.15) is 0 Å². The Balaban J connectivity index is 0. The van der Waals surface area contributed by atoms with Gasteiger partial charge in [-0.15, -0.1) is 0 Å². The second-order valence-electron chi connectivity index (χ2n) is 1.15. The van der Waals surface area contributed by atoms with Gasteiger partial charge in [-0.1, -0.05) is 36.4 Å². The molecule has 0 heterocycles. The molecule has 0 aliphatic carbocycles. The van der Waals surface area contributed by atoms with Crippen molar-refractivity contribution >= 4 is 0 Å². The third-order valence-corrected chi connectivity index (χ3v) is 0.667. The van der Waals surface area contributed by atoms with Gasteiger partial charge >= 0.3 is 18.9 Å². The fourth-order valence-electron chi connectivity index (χ4n) is 0.385. The molecule has 0 N–H and O–H groups in total. The molecule has 0 amide bonds. The van der Waals surface area contributed by atoms with Crippen LogP contribution in [0.1, 0.15) is 0 Å². The predicted octanol–water partition coefficient (Wildman–Crippen LogP) is -0.704. The smallest absolute Gasteiger partial charge is 0.521 e. The van der Waals surface area contributed by atoms with Crippen LogP contribution in [0.2, 0.25) is 0 Å². The average Bonchev–Trinajstić information content (AvgIpc) is 1.96. The van der Waals surface area contributed by atoms with Gasteiger partial charge in [0.15, 0.2) is 0 Å². The molecule has 0 aliphatic rings. The minimum Gasteiger partial charge on any atom is -0.521 e. The Labute approximate surface area is 68.8 Å². The molecule has 0 aromatic heterocycles. The van der Waals surface area contributed by atoms with E-state index in [9.17, 15) is 0 Å². The first kappa shape index (κ1) is 11.4. The van der Waals surface area contributed by atoms with E-state index in [0.29, 0.717) is 0 Å². The largest absolute Gasteiger partial charge is 1.00 e. The van der Waals surface area contributed by atoms with E-state index < -0.39 is 0 Å². The Bertz CT molecular complexity index is 87.4. The van der Waals surface area contributed by atoms with Crippen LogP contribution in [0.4, 0.5) is 0 Å². The molecular weight excluding hydrogens is 103 g/mol. The van der Waals surface area contributed by atoms with Crippen LogP contribution in [0.3, 0.4) is 0 Å². The van der Waals surface area contributed by atoms with Crippen molar-refractivity contribution < 1.29 is 18.9 Å². The third kappa shape index (κ3) is 7.56. The van der Waals surface area contributed by atoms with Gasteiger partial charge in [-0.05, 0) is 0 Å². The van der Waals surface area contributed by atoms with E-state index in [2.05, 4.69) is 13.2 Å². The van der Waals surface area contributed by atoms with Crippen molar-refractivity contribution in [1.82, 2.24) is 0 Å². The zero-order valence-electron chi connectivity index (χ0n) is 5.75. The Morgan fingerprint density at radius 1 is 0.667 bits per heavy atom. The zero-order chi connectivity index (χ0) is 6.24. The summed E-state index contributed by atoms with van der Waals surface area (Å²) in [6.07, 6.45) is 0. The zero-order valence-corrected chi connectivity index (χ0v) is 5.75. The fourth-order valence-corrected chi connectivity index (χ4v) is 0.385.